The predicted octanol–water partition coefficient (Wildman–Crippen LogP) is 3.45. The quantitative estimate of drug-likeness (QED) is 0.625. The number of guanidine groups is 1. The minimum absolute atomic E-state index is 0.126. The Hall–Kier alpha value is -2.76. The van der Waals surface area contributed by atoms with Crippen molar-refractivity contribution in [2.24, 2.45) is 4.99 Å². The Labute approximate surface area is 161 Å². The zero-order chi connectivity index (χ0) is 19.3. The molecule has 1 unspecified atom stereocenters. The highest BCUT2D eigenvalue weighted by Crippen LogP contribution is 2.39. The molecule has 1 aromatic heterocycles. The smallest absolute Gasteiger partial charge is 0.213 e. The number of methoxy groups -OCH3 is 1. The Morgan fingerprint density at radius 3 is 2.85 bits per heavy atom. The number of ether oxygens (including phenoxy) is 2. The largest absolute Gasteiger partial charge is 0.487 e. The van der Waals surface area contributed by atoms with E-state index in [2.05, 4.69) is 42.5 Å². The minimum atomic E-state index is -0.238. The lowest BCUT2D eigenvalue weighted by molar-refractivity contribution is 0.0694. The van der Waals surface area contributed by atoms with Crippen LogP contribution in [0, 0.1) is 0 Å². The molecule has 1 atom stereocenters. The maximum Gasteiger partial charge on any atom is 0.213 e. The molecular weight excluding hydrogens is 340 g/mol. The summed E-state index contributed by atoms with van der Waals surface area (Å²) in [5, 5.41) is 6.89. The molecule has 0 fully saturated rings. The Morgan fingerprint density at radius 2 is 2.07 bits per heavy atom. The molecule has 0 amide bonds. The number of rotatable bonds is 5. The van der Waals surface area contributed by atoms with Crippen molar-refractivity contribution in [3.63, 3.8) is 0 Å². The van der Waals surface area contributed by atoms with Crippen LogP contribution in [0.2, 0.25) is 0 Å². The average Bonchev–Trinajstić information content (AvgIpc) is 2.65. The summed E-state index contributed by atoms with van der Waals surface area (Å²) in [5.74, 6) is 2.29. The standard InChI is InChI=1S/C21H28N4O2/c1-5-22-20(23-14-15-9-8-12-19(24-15)26-4)25-17-13-21(2,3)27-18-11-7-6-10-16(17)18/h6-12,17H,5,13-14H2,1-4H3,(H2,22,23,25). The lowest BCUT2D eigenvalue weighted by atomic mass is 9.90. The van der Waals surface area contributed by atoms with Gasteiger partial charge in [-0.15, -0.1) is 0 Å². The van der Waals surface area contributed by atoms with Crippen molar-refractivity contribution in [1.29, 1.82) is 0 Å². The topological polar surface area (TPSA) is 67.8 Å². The van der Waals surface area contributed by atoms with Crippen LogP contribution >= 0.6 is 0 Å². The number of aromatic nitrogens is 1. The van der Waals surface area contributed by atoms with Gasteiger partial charge in [-0.25, -0.2) is 9.98 Å². The van der Waals surface area contributed by atoms with Crippen molar-refractivity contribution < 1.29 is 9.47 Å². The zero-order valence-electron chi connectivity index (χ0n) is 16.5. The number of nitrogens with zero attached hydrogens (tertiary/aromatic N) is 2. The first kappa shape index (κ1) is 19.0. The van der Waals surface area contributed by atoms with Crippen LogP contribution < -0.4 is 20.1 Å². The molecule has 3 rings (SSSR count). The third-order valence-electron chi connectivity index (χ3n) is 4.42. The lowest BCUT2D eigenvalue weighted by Gasteiger charge is -2.38. The molecule has 0 saturated heterocycles. The van der Waals surface area contributed by atoms with Crippen molar-refractivity contribution in [1.82, 2.24) is 15.6 Å². The molecule has 6 heteroatoms. The number of pyridine rings is 1. The molecule has 144 valence electrons. The summed E-state index contributed by atoms with van der Waals surface area (Å²) in [4.78, 5) is 9.13. The molecule has 1 aliphatic rings. The molecule has 0 radical (unpaired) electrons. The molecule has 6 nitrogen and oxygen atoms in total. The van der Waals surface area contributed by atoms with Crippen LogP contribution in [0.25, 0.3) is 0 Å². The normalized spacial score (nSPS) is 18.2. The van der Waals surface area contributed by atoms with Crippen LogP contribution in [-0.4, -0.2) is 30.2 Å². The Morgan fingerprint density at radius 1 is 1.26 bits per heavy atom. The maximum atomic E-state index is 6.12. The summed E-state index contributed by atoms with van der Waals surface area (Å²) >= 11 is 0. The van der Waals surface area contributed by atoms with E-state index < -0.39 is 0 Å². The first-order valence-electron chi connectivity index (χ1n) is 9.33. The fourth-order valence-corrected chi connectivity index (χ4v) is 3.24. The first-order valence-corrected chi connectivity index (χ1v) is 9.33. The van der Waals surface area contributed by atoms with E-state index in [-0.39, 0.29) is 11.6 Å². The Balaban J connectivity index is 1.79. The Kier molecular flexibility index (Phi) is 5.84. The molecule has 0 aliphatic carbocycles. The van der Waals surface area contributed by atoms with Crippen LogP contribution in [0.3, 0.4) is 0 Å². The second-order valence-electron chi connectivity index (χ2n) is 7.17. The zero-order valence-corrected chi connectivity index (χ0v) is 16.5. The average molecular weight is 368 g/mol. The van der Waals surface area contributed by atoms with Crippen LogP contribution in [0.1, 0.15) is 44.5 Å². The van der Waals surface area contributed by atoms with Crippen molar-refractivity contribution in [2.45, 2.75) is 45.4 Å². The second-order valence-corrected chi connectivity index (χ2v) is 7.17. The number of aliphatic imine (C=N–C) groups is 1. The van der Waals surface area contributed by atoms with Gasteiger partial charge in [-0.1, -0.05) is 24.3 Å². The number of fused-ring (bicyclic) bond motifs is 1. The van der Waals surface area contributed by atoms with E-state index in [1.165, 1.54) is 0 Å². The van der Waals surface area contributed by atoms with E-state index in [9.17, 15) is 0 Å². The summed E-state index contributed by atoms with van der Waals surface area (Å²) in [5.41, 5.74) is 1.78. The number of benzene rings is 1. The van der Waals surface area contributed by atoms with E-state index in [0.717, 1.165) is 35.9 Å². The monoisotopic (exact) mass is 368 g/mol. The van der Waals surface area contributed by atoms with Crippen molar-refractivity contribution in [3.8, 4) is 11.6 Å². The van der Waals surface area contributed by atoms with Gasteiger partial charge < -0.3 is 20.1 Å². The first-order chi connectivity index (χ1) is 13.0. The van der Waals surface area contributed by atoms with Gasteiger partial charge in [0.15, 0.2) is 5.96 Å². The molecule has 1 aliphatic heterocycles. The summed E-state index contributed by atoms with van der Waals surface area (Å²) in [6.07, 6.45) is 0.853. The minimum Gasteiger partial charge on any atom is -0.487 e. The lowest BCUT2D eigenvalue weighted by Crippen LogP contribution is -2.45. The van der Waals surface area contributed by atoms with Crippen LogP contribution in [0.5, 0.6) is 11.6 Å². The van der Waals surface area contributed by atoms with E-state index >= 15 is 0 Å². The number of para-hydroxylation sites is 1. The van der Waals surface area contributed by atoms with Crippen LogP contribution in [0.4, 0.5) is 0 Å². The third kappa shape index (κ3) is 4.90. The Bertz CT molecular complexity index is 804. The highest BCUT2D eigenvalue weighted by atomic mass is 16.5. The third-order valence-corrected chi connectivity index (χ3v) is 4.42. The summed E-state index contributed by atoms with van der Waals surface area (Å²) in [7, 11) is 1.62. The molecular formula is C21H28N4O2. The molecule has 0 bridgehead atoms. The molecule has 27 heavy (non-hydrogen) atoms. The summed E-state index contributed by atoms with van der Waals surface area (Å²) < 4.78 is 11.3. The van der Waals surface area contributed by atoms with Gasteiger partial charge in [0.25, 0.3) is 0 Å². The van der Waals surface area contributed by atoms with Crippen molar-refractivity contribution >= 4 is 5.96 Å². The highest BCUT2D eigenvalue weighted by molar-refractivity contribution is 5.80. The van der Waals surface area contributed by atoms with Crippen molar-refractivity contribution in [2.75, 3.05) is 13.7 Å². The number of hydrogen-bond acceptors (Lipinski definition) is 4. The van der Waals surface area contributed by atoms with Crippen molar-refractivity contribution in [3.05, 3.63) is 53.7 Å². The van der Waals surface area contributed by atoms with Gasteiger partial charge in [-0.3, -0.25) is 0 Å². The van der Waals surface area contributed by atoms with Gasteiger partial charge in [-0.2, -0.15) is 0 Å². The van der Waals surface area contributed by atoms with Gasteiger partial charge in [0.05, 0.1) is 25.4 Å². The summed E-state index contributed by atoms with van der Waals surface area (Å²) in [6, 6.07) is 14.0. The van der Waals surface area contributed by atoms with Gasteiger partial charge in [0, 0.05) is 24.6 Å². The van der Waals surface area contributed by atoms with Gasteiger partial charge in [0.2, 0.25) is 5.88 Å². The second kappa shape index (κ2) is 8.29. The summed E-state index contributed by atoms with van der Waals surface area (Å²) in [6.45, 7) is 7.54. The van der Waals surface area contributed by atoms with E-state index in [1.807, 2.05) is 36.4 Å². The number of nitrogens with one attached hydrogen (secondary N) is 2. The van der Waals surface area contributed by atoms with E-state index in [0.29, 0.717) is 12.4 Å². The molecule has 1 aromatic carbocycles. The SMILES string of the molecule is CCNC(=NCc1cccc(OC)n1)NC1CC(C)(C)Oc2ccccc21. The highest BCUT2D eigenvalue weighted by Gasteiger charge is 2.33. The van der Waals surface area contributed by atoms with E-state index in [1.54, 1.807) is 7.11 Å². The predicted molar refractivity (Wildman–Crippen MR) is 107 cm³/mol. The van der Waals surface area contributed by atoms with Crippen LogP contribution in [-0.2, 0) is 6.54 Å². The fourth-order valence-electron chi connectivity index (χ4n) is 3.24. The molecule has 2 N–H and O–H groups in total. The van der Waals surface area contributed by atoms with E-state index in [4.69, 9.17) is 14.5 Å². The van der Waals surface area contributed by atoms with Crippen LogP contribution in [0.15, 0.2) is 47.5 Å². The van der Waals surface area contributed by atoms with Gasteiger partial charge in [-0.05, 0) is 32.9 Å². The number of hydrogen-bond donors (Lipinski definition) is 2. The maximum absolute atomic E-state index is 6.12. The molecule has 0 spiro atoms. The van der Waals surface area contributed by atoms with Gasteiger partial charge >= 0.3 is 0 Å². The fraction of sp³-hybridized carbons (Fsp3) is 0.429. The molecule has 0 saturated carbocycles. The molecule has 2 heterocycles. The molecule has 2 aromatic rings. The van der Waals surface area contributed by atoms with Gasteiger partial charge in [0.1, 0.15) is 11.4 Å².